The lowest BCUT2D eigenvalue weighted by atomic mass is 10.1. The summed E-state index contributed by atoms with van der Waals surface area (Å²) in [6.45, 7) is 2.64. The van der Waals surface area contributed by atoms with Crippen LogP contribution >= 0.6 is 11.8 Å². The van der Waals surface area contributed by atoms with Gasteiger partial charge in [0.25, 0.3) is 5.56 Å². The molecule has 1 heterocycles. The average Bonchev–Trinajstić information content (AvgIpc) is 2.87. The smallest absolute Gasteiger partial charge is 0.266 e. The fraction of sp³-hybridized carbons (Fsp3) is 0.222. The number of nitrogens with zero attached hydrogens (tertiary/aromatic N) is 3. The fourth-order valence-electron chi connectivity index (χ4n) is 3.72. The van der Waals surface area contributed by atoms with E-state index in [2.05, 4.69) is 31.2 Å². The third-order valence-electron chi connectivity index (χ3n) is 5.67. The standard InChI is InChI=1S/C27H27N3O3S/c1-4-19-13-15-20(16-14-19)17-29(2)25(31)18-34-27-28-22-10-6-5-9-21(22)26(32)30(27)23-11-7-8-12-24(23)33-3/h5-16H,4,17-18H2,1-3H3. The van der Waals surface area contributed by atoms with Gasteiger partial charge in [-0.15, -0.1) is 0 Å². The Morgan fingerprint density at radius 2 is 1.68 bits per heavy atom. The lowest BCUT2D eigenvalue weighted by Gasteiger charge is -2.19. The molecule has 7 heteroatoms. The number of amides is 1. The van der Waals surface area contributed by atoms with Gasteiger partial charge >= 0.3 is 0 Å². The Labute approximate surface area is 203 Å². The van der Waals surface area contributed by atoms with E-state index in [1.54, 1.807) is 37.3 Å². The molecule has 0 saturated heterocycles. The maximum absolute atomic E-state index is 13.4. The molecular formula is C27H27N3O3S. The first-order chi connectivity index (χ1) is 16.5. The Morgan fingerprint density at radius 1 is 1.00 bits per heavy atom. The monoisotopic (exact) mass is 473 g/mol. The summed E-state index contributed by atoms with van der Waals surface area (Å²) in [5, 5.41) is 0.957. The van der Waals surface area contributed by atoms with Crippen molar-refractivity contribution in [3.63, 3.8) is 0 Å². The quantitative estimate of drug-likeness (QED) is 0.274. The summed E-state index contributed by atoms with van der Waals surface area (Å²) in [7, 11) is 3.36. The van der Waals surface area contributed by atoms with Crippen LogP contribution < -0.4 is 10.3 Å². The van der Waals surface area contributed by atoms with Gasteiger partial charge in [0.05, 0.1) is 29.5 Å². The van der Waals surface area contributed by atoms with E-state index in [4.69, 9.17) is 9.72 Å². The second kappa shape index (κ2) is 10.6. The van der Waals surface area contributed by atoms with Gasteiger partial charge in [-0.25, -0.2) is 4.98 Å². The molecule has 1 amide bonds. The molecule has 0 atom stereocenters. The van der Waals surface area contributed by atoms with Crippen LogP contribution in [0.5, 0.6) is 5.75 Å². The molecule has 0 unspecified atom stereocenters. The van der Waals surface area contributed by atoms with E-state index in [0.717, 1.165) is 12.0 Å². The number of benzene rings is 3. The van der Waals surface area contributed by atoms with E-state index in [0.29, 0.717) is 34.0 Å². The molecule has 0 aliphatic heterocycles. The average molecular weight is 474 g/mol. The van der Waals surface area contributed by atoms with Gasteiger partial charge in [-0.2, -0.15) is 0 Å². The summed E-state index contributed by atoms with van der Waals surface area (Å²) in [6, 6.07) is 22.8. The number of hydrogen-bond acceptors (Lipinski definition) is 5. The number of fused-ring (bicyclic) bond motifs is 1. The maximum Gasteiger partial charge on any atom is 0.266 e. The van der Waals surface area contributed by atoms with Crippen LogP contribution in [0.4, 0.5) is 0 Å². The van der Waals surface area contributed by atoms with Crippen molar-refractivity contribution in [1.82, 2.24) is 14.5 Å². The molecule has 3 aromatic carbocycles. The van der Waals surface area contributed by atoms with E-state index >= 15 is 0 Å². The van der Waals surface area contributed by atoms with Gasteiger partial charge in [0.1, 0.15) is 5.75 Å². The first-order valence-electron chi connectivity index (χ1n) is 11.1. The third-order valence-corrected chi connectivity index (χ3v) is 6.60. The number of carbonyl (C=O) groups is 1. The van der Waals surface area contributed by atoms with E-state index in [-0.39, 0.29) is 17.2 Å². The first kappa shape index (κ1) is 23.6. The minimum atomic E-state index is -0.200. The molecule has 34 heavy (non-hydrogen) atoms. The molecule has 0 radical (unpaired) electrons. The van der Waals surface area contributed by atoms with Crippen LogP contribution in [0, 0.1) is 0 Å². The van der Waals surface area contributed by atoms with E-state index in [1.807, 2.05) is 30.3 Å². The van der Waals surface area contributed by atoms with Crippen LogP contribution in [0.15, 0.2) is 82.7 Å². The highest BCUT2D eigenvalue weighted by molar-refractivity contribution is 7.99. The number of para-hydroxylation sites is 3. The van der Waals surface area contributed by atoms with Crippen molar-refractivity contribution in [2.24, 2.45) is 0 Å². The minimum Gasteiger partial charge on any atom is -0.495 e. The van der Waals surface area contributed by atoms with Gasteiger partial charge in [-0.1, -0.05) is 67.2 Å². The van der Waals surface area contributed by atoms with Crippen LogP contribution in [0.2, 0.25) is 0 Å². The number of aryl methyl sites for hydroxylation is 1. The molecule has 174 valence electrons. The first-order valence-corrected chi connectivity index (χ1v) is 12.1. The van der Waals surface area contributed by atoms with Gasteiger partial charge in [0, 0.05) is 13.6 Å². The largest absolute Gasteiger partial charge is 0.495 e. The Morgan fingerprint density at radius 3 is 2.41 bits per heavy atom. The van der Waals surface area contributed by atoms with Crippen molar-refractivity contribution in [1.29, 1.82) is 0 Å². The molecule has 1 aromatic heterocycles. The second-order valence-corrected chi connectivity index (χ2v) is 8.87. The molecule has 0 aliphatic carbocycles. The summed E-state index contributed by atoms with van der Waals surface area (Å²) in [6.07, 6.45) is 0.984. The molecule has 4 aromatic rings. The Bertz CT molecular complexity index is 1370. The predicted molar refractivity (Wildman–Crippen MR) is 137 cm³/mol. The molecule has 4 rings (SSSR count). The topological polar surface area (TPSA) is 64.4 Å². The lowest BCUT2D eigenvalue weighted by molar-refractivity contribution is -0.127. The van der Waals surface area contributed by atoms with E-state index in [9.17, 15) is 9.59 Å². The molecule has 0 saturated carbocycles. The van der Waals surface area contributed by atoms with Crippen LogP contribution in [-0.4, -0.2) is 40.3 Å². The van der Waals surface area contributed by atoms with Gasteiger partial charge in [0.15, 0.2) is 5.16 Å². The minimum absolute atomic E-state index is 0.0430. The van der Waals surface area contributed by atoms with Gasteiger partial charge in [-0.3, -0.25) is 14.2 Å². The summed E-state index contributed by atoms with van der Waals surface area (Å²) >= 11 is 1.25. The van der Waals surface area contributed by atoms with Crippen molar-refractivity contribution in [2.75, 3.05) is 19.9 Å². The Balaban J connectivity index is 1.62. The predicted octanol–water partition coefficient (Wildman–Crippen LogP) is 4.71. The number of hydrogen-bond donors (Lipinski definition) is 0. The van der Waals surface area contributed by atoms with Gasteiger partial charge in [-0.05, 0) is 41.8 Å². The summed E-state index contributed by atoms with van der Waals surface area (Å²) in [5.41, 5.74) is 3.33. The molecule has 0 bridgehead atoms. The van der Waals surface area contributed by atoms with Crippen LogP contribution in [0.25, 0.3) is 16.6 Å². The van der Waals surface area contributed by atoms with Crippen LogP contribution in [-0.2, 0) is 17.8 Å². The Kier molecular flexibility index (Phi) is 7.33. The summed E-state index contributed by atoms with van der Waals surface area (Å²) in [4.78, 5) is 32.8. The zero-order valence-electron chi connectivity index (χ0n) is 19.5. The van der Waals surface area contributed by atoms with Crippen molar-refractivity contribution >= 4 is 28.6 Å². The summed E-state index contributed by atoms with van der Waals surface area (Å²) < 4.78 is 7.03. The SMILES string of the molecule is CCc1ccc(CN(C)C(=O)CSc2nc3ccccc3c(=O)n2-c2ccccc2OC)cc1. The fourth-order valence-corrected chi connectivity index (χ4v) is 4.66. The van der Waals surface area contributed by atoms with Crippen molar-refractivity contribution in [2.45, 2.75) is 25.0 Å². The van der Waals surface area contributed by atoms with Gasteiger partial charge in [0.2, 0.25) is 5.91 Å². The molecular weight excluding hydrogens is 446 g/mol. The molecule has 0 N–H and O–H groups in total. The van der Waals surface area contributed by atoms with Crippen molar-refractivity contribution < 1.29 is 9.53 Å². The molecule has 0 fully saturated rings. The summed E-state index contributed by atoms with van der Waals surface area (Å²) in [5.74, 6) is 0.671. The number of carbonyl (C=O) groups excluding carboxylic acids is 1. The number of methoxy groups -OCH3 is 1. The molecule has 0 aliphatic rings. The van der Waals surface area contributed by atoms with E-state index in [1.165, 1.54) is 21.9 Å². The molecule has 6 nitrogen and oxygen atoms in total. The maximum atomic E-state index is 13.4. The van der Waals surface area contributed by atoms with Crippen LogP contribution in [0.1, 0.15) is 18.1 Å². The van der Waals surface area contributed by atoms with E-state index < -0.39 is 0 Å². The third kappa shape index (κ3) is 4.99. The zero-order chi connectivity index (χ0) is 24.1. The highest BCUT2D eigenvalue weighted by atomic mass is 32.2. The zero-order valence-corrected chi connectivity index (χ0v) is 20.3. The van der Waals surface area contributed by atoms with Gasteiger partial charge < -0.3 is 9.64 Å². The number of aromatic nitrogens is 2. The van der Waals surface area contributed by atoms with Crippen molar-refractivity contribution in [3.8, 4) is 11.4 Å². The van der Waals surface area contributed by atoms with Crippen LogP contribution in [0.3, 0.4) is 0 Å². The normalized spacial score (nSPS) is 10.9. The Hall–Kier alpha value is -3.58. The highest BCUT2D eigenvalue weighted by Gasteiger charge is 2.18. The second-order valence-electron chi connectivity index (χ2n) is 7.93. The van der Waals surface area contributed by atoms with Crippen molar-refractivity contribution in [3.05, 3.63) is 94.3 Å². The number of ether oxygens (including phenoxy) is 1. The molecule has 0 spiro atoms. The lowest BCUT2D eigenvalue weighted by Crippen LogP contribution is -2.28. The highest BCUT2D eigenvalue weighted by Crippen LogP contribution is 2.27. The number of rotatable bonds is 8. The number of thioether (sulfide) groups is 1.